The summed E-state index contributed by atoms with van der Waals surface area (Å²) in [6.07, 6.45) is 1.39. The molecule has 18 heavy (non-hydrogen) atoms. The molecule has 2 rings (SSSR count). The van der Waals surface area contributed by atoms with E-state index in [0.717, 1.165) is 0 Å². The van der Waals surface area contributed by atoms with Gasteiger partial charge in [-0.15, -0.1) is 0 Å². The van der Waals surface area contributed by atoms with Gasteiger partial charge in [0, 0.05) is 7.05 Å². The topological polar surface area (TPSA) is 70.8 Å². The van der Waals surface area contributed by atoms with Gasteiger partial charge in [-0.05, 0) is 28.1 Å². The van der Waals surface area contributed by atoms with Crippen LogP contribution in [0.1, 0.15) is 5.56 Å². The second kappa shape index (κ2) is 5.47. The number of aromatic nitrogens is 2. The summed E-state index contributed by atoms with van der Waals surface area (Å²) in [5.41, 5.74) is 0.453. The van der Waals surface area contributed by atoms with Crippen molar-refractivity contribution in [2.24, 2.45) is 0 Å². The summed E-state index contributed by atoms with van der Waals surface area (Å²) in [6, 6.07) is 9.04. The largest absolute Gasteiger partial charge is 0.436 e. The first kappa shape index (κ1) is 12.3. The number of hydrogen-bond acceptors (Lipinski definition) is 5. The van der Waals surface area contributed by atoms with Gasteiger partial charge in [0.15, 0.2) is 0 Å². The molecule has 0 saturated carbocycles. The number of para-hydroxylation sites is 1. The second-order valence-electron chi connectivity index (χ2n) is 3.30. The molecule has 0 spiro atoms. The number of ether oxygens (including phenoxy) is 1. The molecule has 1 aromatic heterocycles. The minimum Gasteiger partial charge on any atom is -0.436 e. The van der Waals surface area contributed by atoms with Crippen LogP contribution in [0.3, 0.4) is 0 Å². The molecule has 5 nitrogen and oxygen atoms in total. The minimum atomic E-state index is 0.358. The number of hydrogen-bond donors (Lipinski definition) is 1. The number of nitrogens with zero attached hydrogens (tertiary/aromatic N) is 3. The van der Waals surface area contributed by atoms with E-state index in [1.54, 1.807) is 31.3 Å². The molecule has 0 unspecified atom stereocenters. The number of halogens is 1. The van der Waals surface area contributed by atoms with Gasteiger partial charge in [-0.2, -0.15) is 5.26 Å². The molecule has 0 bridgehead atoms. The van der Waals surface area contributed by atoms with Crippen molar-refractivity contribution in [1.29, 1.82) is 5.26 Å². The van der Waals surface area contributed by atoms with E-state index in [-0.39, 0.29) is 0 Å². The fourth-order valence-corrected chi connectivity index (χ4v) is 1.84. The summed E-state index contributed by atoms with van der Waals surface area (Å²) in [5, 5.41) is 11.9. The summed E-state index contributed by atoms with van der Waals surface area (Å²) in [6.45, 7) is 0. The Labute approximate surface area is 113 Å². The average molecular weight is 305 g/mol. The molecule has 0 fully saturated rings. The van der Waals surface area contributed by atoms with Crippen molar-refractivity contribution in [3.8, 4) is 17.7 Å². The molecule has 1 N–H and O–H groups in total. The Bertz CT molecular complexity index is 609. The van der Waals surface area contributed by atoms with Crippen LogP contribution in [0.15, 0.2) is 35.1 Å². The molecule has 90 valence electrons. The van der Waals surface area contributed by atoms with Crippen LogP contribution in [-0.2, 0) is 0 Å². The first-order valence-corrected chi connectivity index (χ1v) is 5.90. The third-order valence-electron chi connectivity index (χ3n) is 2.21. The molecular formula is C12H9BrN4O. The Hall–Kier alpha value is -2.13. The predicted molar refractivity (Wildman–Crippen MR) is 70.5 cm³/mol. The standard InChI is InChI=1S/C12H9BrN4O/c1-15-11-10(13)12(17-7-16-11)18-9-5-3-2-4-8(9)6-14/h2-5,7H,1H3,(H,15,16,17). The van der Waals surface area contributed by atoms with Crippen molar-refractivity contribution in [2.75, 3.05) is 12.4 Å². The maximum absolute atomic E-state index is 8.98. The Morgan fingerprint density at radius 3 is 2.83 bits per heavy atom. The van der Waals surface area contributed by atoms with E-state index in [0.29, 0.717) is 27.5 Å². The Balaban J connectivity index is 2.38. The van der Waals surface area contributed by atoms with E-state index in [4.69, 9.17) is 10.00 Å². The molecule has 0 radical (unpaired) electrons. The summed E-state index contributed by atoms with van der Waals surface area (Å²) < 4.78 is 6.22. The Morgan fingerprint density at radius 2 is 2.11 bits per heavy atom. The minimum absolute atomic E-state index is 0.358. The van der Waals surface area contributed by atoms with Crippen LogP contribution in [0.5, 0.6) is 11.6 Å². The van der Waals surface area contributed by atoms with Crippen LogP contribution < -0.4 is 10.1 Å². The van der Waals surface area contributed by atoms with E-state index in [2.05, 4.69) is 37.3 Å². The molecule has 1 aromatic carbocycles. The Kier molecular flexibility index (Phi) is 3.75. The zero-order chi connectivity index (χ0) is 13.0. The van der Waals surface area contributed by atoms with Crippen molar-refractivity contribution in [2.45, 2.75) is 0 Å². The van der Waals surface area contributed by atoms with Gasteiger partial charge in [-0.25, -0.2) is 9.97 Å². The highest BCUT2D eigenvalue weighted by atomic mass is 79.9. The maximum atomic E-state index is 8.98. The molecule has 0 saturated heterocycles. The summed E-state index contributed by atoms with van der Waals surface area (Å²) in [5.74, 6) is 1.44. The zero-order valence-electron chi connectivity index (χ0n) is 9.51. The summed E-state index contributed by atoms with van der Waals surface area (Å²) in [7, 11) is 1.75. The summed E-state index contributed by atoms with van der Waals surface area (Å²) >= 11 is 3.35. The van der Waals surface area contributed by atoms with Gasteiger partial charge in [0.05, 0.1) is 5.56 Å². The molecule has 1 heterocycles. The third-order valence-corrected chi connectivity index (χ3v) is 2.92. The Morgan fingerprint density at radius 1 is 1.33 bits per heavy atom. The molecule has 0 aliphatic heterocycles. The quantitative estimate of drug-likeness (QED) is 0.944. The number of anilines is 1. The smallest absolute Gasteiger partial charge is 0.238 e. The van der Waals surface area contributed by atoms with Gasteiger partial charge < -0.3 is 10.1 Å². The van der Waals surface area contributed by atoms with Crippen molar-refractivity contribution >= 4 is 21.7 Å². The average Bonchev–Trinajstić information content (AvgIpc) is 2.42. The normalized spacial score (nSPS) is 9.61. The van der Waals surface area contributed by atoms with E-state index in [9.17, 15) is 0 Å². The number of nitriles is 1. The molecule has 6 heteroatoms. The van der Waals surface area contributed by atoms with Crippen LogP contribution in [0, 0.1) is 11.3 Å². The van der Waals surface area contributed by atoms with E-state index >= 15 is 0 Å². The molecular weight excluding hydrogens is 296 g/mol. The lowest BCUT2D eigenvalue weighted by molar-refractivity contribution is 0.457. The fraction of sp³-hybridized carbons (Fsp3) is 0.0833. The van der Waals surface area contributed by atoms with E-state index in [1.807, 2.05) is 0 Å². The molecule has 2 aromatic rings. The van der Waals surface area contributed by atoms with Gasteiger partial charge in [-0.3, -0.25) is 0 Å². The van der Waals surface area contributed by atoms with E-state index < -0.39 is 0 Å². The van der Waals surface area contributed by atoms with Gasteiger partial charge in [-0.1, -0.05) is 12.1 Å². The first-order valence-electron chi connectivity index (χ1n) is 5.11. The van der Waals surface area contributed by atoms with Crippen LogP contribution in [0.2, 0.25) is 0 Å². The SMILES string of the molecule is CNc1ncnc(Oc2ccccc2C#N)c1Br. The lowest BCUT2D eigenvalue weighted by Gasteiger charge is -2.09. The van der Waals surface area contributed by atoms with E-state index in [1.165, 1.54) is 6.33 Å². The molecule has 0 atom stereocenters. The van der Waals surface area contributed by atoms with Gasteiger partial charge in [0.1, 0.15) is 28.4 Å². The van der Waals surface area contributed by atoms with Crippen LogP contribution in [0.4, 0.5) is 5.82 Å². The molecule has 0 aliphatic carbocycles. The number of nitrogens with one attached hydrogen (secondary N) is 1. The molecule has 0 amide bonds. The van der Waals surface area contributed by atoms with Crippen molar-refractivity contribution in [3.05, 3.63) is 40.6 Å². The predicted octanol–water partition coefficient (Wildman–Crippen LogP) is 2.94. The van der Waals surface area contributed by atoms with Gasteiger partial charge in [0.2, 0.25) is 5.88 Å². The third kappa shape index (κ3) is 2.41. The van der Waals surface area contributed by atoms with Crippen LogP contribution in [-0.4, -0.2) is 17.0 Å². The molecule has 0 aliphatic rings. The highest BCUT2D eigenvalue weighted by molar-refractivity contribution is 9.10. The number of benzene rings is 1. The van der Waals surface area contributed by atoms with Gasteiger partial charge in [0.25, 0.3) is 0 Å². The summed E-state index contributed by atoms with van der Waals surface area (Å²) in [4.78, 5) is 8.06. The van der Waals surface area contributed by atoms with Crippen molar-refractivity contribution in [3.63, 3.8) is 0 Å². The van der Waals surface area contributed by atoms with Crippen molar-refractivity contribution < 1.29 is 4.74 Å². The van der Waals surface area contributed by atoms with Crippen LogP contribution in [0.25, 0.3) is 0 Å². The maximum Gasteiger partial charge on any atom is 0.238 e. The second-order valence-corrected chi connectivity index (χ2v) is 4.09. The first-order chi connectivity index (χ1) is 8.76. The monoisotopic (exact) mass is 304 g/mol. The lowest BCUT2D eigenvalue weighted by Crippen LogP contribution is -1.98. The lowest BCUT2D eigenvalue weighted by atomic mass is 10.2. The fourth-order valence-electron chi connectivity index (χ4n) is 1.35. The highest BCUT2D eigenvalue weighted by Gasteiger charge is 2.11. The number of rotatable bonds is 3. The highest BCUT2D eigenvalue weighted by Crippen LogP contribution is 2.32. The van der Waals surface area contributed by atoms with Crippen LogP contribution >= 0.6 is 15.9 Å². The zero-order valence-corrected chi connectivity index (χ0v) is 11.1. The van der Waals surface area contributed by atoms with Gasteiger partial charge >= 0.3 is 0 Å². The van der Waals surface area contributed by atoms with Crippen molar-refractivity contribution in [1.82, 2.24) is 9.97 Å².